The highest BCUT2D eigenvalue weighted by Crippen LogP contribution is 2.42. The molecule has 0 fully saturated rings. The number of halogens is 1. The molecule has 1 aromatic heterocycles. The Morgan fingerprint density at radius 3 is 2.95 bits per heavy atom. The van der Waals surface area contributed by atoms with Crippen molar-refractivity contribution in [1.29, 1.82) is 0 Å². The maximum absolute atomic E-state index is 6.17. The van der Waals surface area contributed by atoms with Crippen LogP contribution in [0.15, 0.2) is 16.6 Å². The number of aromatic nitrogens is 2. The van der Waals surface area contributed by atoms with Gasteiger partial charge in [-0.05, 0) is 35.0 Å². The highest BCUT2D eigenvalue weighted by Gasteiger charge is 2.20. The summed E-state index contributed by atoms with van der Waals surface area (Å²) in [5.41, 5.74) is 7.72. The maximum atomic E-state index is 6.17. The quantitative estimate of drug-likeness (QED) is 0.848. The third-order valence-electron chi connectivity index (χ3n) is 3.32. The summed E-state index contributed by atoms with van der Waals surface area (Å²) >= 11 is 3.50. The van der Waals surface area contributed by atoms with E-state index < -0.39 is 0 Å². The van der Waals surface area contributed by atoms with Crippen LogP contribution in [0.2, 0.25) is 0 Å². The van der Waals surface area contributed by atoms with Gasteiger partial charge in [-0.25, -0.2) is 4.98 Å². The lowest BCUT2D eigenvalue weighted by molar-refractivity contribution is 0.170. The Hall–Kier alpha value is -2.13. The van der Waals surface area contributed by atoms with Crippen LogP contribution < -0.4 is 15.2 Å². The Kier molecular flexibility index (Phi) is 3.52. The van der Waals surface area contributed by atoms with Crippen molar-refractivity contribution in [3.8, 4) is 35.1 Å². The zero-order valence-corrected chi connectivity index (χ0v) is 13.1. The third-order valence-corrected chi connectivity index (χ3v) is 3.91. The first-order valence-electron chi connectivity index (χ1n) is 6.47. The highest BCUT2D eigenvalue weighted by atomic mass is 79.9. The first-order chi connectivity index (χ1) is 10.1. The Labute approximate surface area is 131 Å². The van der Waals surface area contributed by atoms with Gasteiger partial charge in [0.2, 0.25) is 0 Å². The van der Waals surface area contributed by atoms with Gasteiger partial charge in [0.1, 0.15) is 30.5 Å². The standard InChI is InChI=1S/C15H14BrN3O2/c1-3-4-19-9(2)18-13(15(19)17)10-7-11(16)14-12(8-10)20-5-6-21-14/h1,7-8H,4-6,17H2,2H3. The molecule has 6 heteroatoms. The molecule has 108 valence electrons. The van der Waals surface area contributed by atoms with Crippen LogP contribution in [0.1, 0.15) is 5.82 Å². The molecule has 2 heterocycles. The predicted molar refractivity (Wildman–Crippen MR) is 84.3 cm³/mol. The number of nitrogens with zero attached hydrogens (tertiary/aromatic N) is 2. The van der Waals surface area contributed by atoms with E-state index in [-0.39, 0.29) is 0 Å². The fourth-order valence-corrected chi connectivity index (χ4v) is 2.89. The van der Waals surface area contributed by atoms with Gasteiger partial charge in [0, 0.05) is 5.56 Å². The molecule has 3 rings (SSSR count). The summed E-state index contributed by atoms with van der Waals surface area (Å²) in [5, 5.41) is 0. The average molecular weight is 348 g/mol. The molecule has 0 radical (unpaired) electrons. The molecule has 0 bridgehead atoms. The van der Waals surface area contributed by atoms with Gasteiger partial charge in [-0.15, -0.1) is 6.42 Å². The Morgan fingerprint density at radius 1 is 1.43 bits per heavy atom. The second-order valence-corrected chi connectivity index (χ2v) is 5.52. The third kappa shape index (κ3) is 2.34. The van der Waals surface area contributed by atoms with E-state index in [1.54, 1.807) is 4.57 Å². The molecule has 5 nitrogen and oxygen atoms in total. The molecule has 0 atom stereocenters. The summed E-state index contributed by atoms with van der Waals surface area (Å²) in [4.78, 5) is 4.51. The number of nitrogens with two attached hydrogens (primary N) is 1. The summed E-state index contributed by atoms with van der Waals surface area (Å²) in [7, 11) is 0. The number of aryl methyl sites for hydroxylation is 1. The van der Waals surface area contributed by atoms with Crippen LogP contribution in [0.4, 0.5) is 5.82 Å². The van der Waals surface area contributed by atoms with Gasteiger partial charge in [0.15, 0.2) is 11.5 Å². The van der Waals surface area contributed by atoms with Crippen molar-refractivity contribution in [1.82, 2.24) is 9.55 Å². The van der Waals surface area contributed by atoms with Gasteiger partial charge in [-0.3, -0.25) is 0 Å². The number of imidazole rings is 1. The minimum Gasteiger partial charge on any atom is -0.486 e. The van der Waals surface area contributed by atoms with Gasteiger partial charge >= 0.3 is 0 Å². The van der Waals surface area contributed by atoms with E-state index in [0.29, 0.717) is 42.8 Å². The van der Waals surface area contributed by atoms with Crippen molar-refractivity contribution in [2.75, 3.05) is 18.9 Å². The molecular formula is C15H14BrN3O2. The molecule has 21 heavy (non-hydrogen) atoms. The summed E-state index contributed by atoms with van der Waals surface area (Å²) in [6.07, 6.45) is 5.36. The molecular weight excluding hydrogens is 334 g/mol. The van der Waals surface area contributed by atoms with E-state index in [0.717, 1.165) is 15.9 Å². The van der Waals surface area contributed by atoms with Crippen LogP contribution in [0, 0.1) is 19.3 Å². The van der Waals surface area contributed by atoms with Gasteiger partial charge in [0.25, 0.3) is 0 Å². The van der Waals surface area contributed by atoms with E-state index in [9.17, 15) is 0 Å². The van der Waals surface area contributed by atoms with Crippen LogP contribution in [0.5, 0.6) is 11.5 Å². The molecule has 1 aliphatic rings. The number of ether oxygens (including phenoxy) is 2. The fraction of sp³-hybridized carbons (Fsp3) is 0.267. The molecule has 0 saturated heterocycles. The molecule has 0 unspecified atom stereocenters. The van der Waals surface area contributed by atoms with Crippen LogP contribution in [-0.4, -0.2) is 22.8 Å². The first-order valence-corrected chi connectivity index (χ1v) is 7.26. The van der Waals surface area contributed by atoms with Gasteiger partial charge in [-0.2, -0.15) is 0 Å². The van der Waals surface area contributed by atoms with E-state index in [1.807, 2.05) is 19.1 Å². The van der Waals surface area contributed by atoms with Crippen molar-refractivity contribution in [2.45, 2.75) is 13.5 Å². The number of nitrogen functional groups attached to an aromatic ring is 1. The minimum atomic E-state index is 0.399. The summed E-state index contributed by atoms with van der Waals surface area (Å²) < 4.78 is 13.8. The zero-order valence-electron chi connectivity index (χ0n) is 11.5. The Bertz CT molecular complexity index is 746. The van der Waals surface area contributed by atoms with E-state index in [1.165, 1.54) is 0 Å². The number of terminal acetylenes is 1. The van der Waals surface area contributed by atoms with Crippen molar-refractivity contribution in [3.05, 3.63) is 22.4 Å². The summed E-state index contributed by atoms with van der Waals surface area (Å²) in [6.45, 7) is 3.35. The van der Waals surface area contributed by atoms with Crippen molar-refractivity contribution >= 4 is 21.7 Å². The first kappa shape index (κ1) is 13.8. The maximum Gasteiger partial charge on any atom is 0.175 e. The van der Waals surface area contributed by atoms with E-state index in [2.05, 4.69) is 26.8 Å². The van der Waals surface area contributed by atoms with Gasteiger partial charge in [0.05, 0.1) is 11.0 Å². The molecule has 0 saturated carbocycles. The summed E-state index contributed by atoms with van der Waals surface area (Å²) in [6, 6.07) is 3.81. The second-order valence-electron chi connectivity index (χ2n) is 4.67. The van der Waals surface area contributed by atoms with Crippen LogP contribution >= 0.6 is 15.9 Å². The molecule has 0 aliphatic carbocycles. The second kappa shape index (κ2) is 5.34. The summed E-state index contributed by atoms with van der Waals surface area (Å²) in [5.74, 6) is 5.32. The van der Waals surface area contributed by atoms with Crippen LogP contribution in [-0.2, 0) is 6.54 Å². The number of fused-ring (bicyclic) bond motifs is 1. The van der Waals surface area contributed by atoms with Crippen molar-refractivity contribution in [3.63, 3.8) is 0 Å². The lowest BCUT2D eigenvalue weighted by Crippen LogP contribution is -2.15. The highest BCUT2D eigenvalue weighted by molar-refractivity contribution is 9.10. The lowest BCUT2D eigenvalue weighted by Gasteiger charge is -2.20. The van der Waals surface area contributed by atoms with Crippen molar-refractivity contribution in [2.24, 2.45) is 0 Å². The van der Waals surface area contributed by atoms with Crippen LogP contribution in [0.25, 0.3) is 11.3 Å². The number of hydrogen-bond donors (Lipinski definition) is 1. The minimum absolute atomic E-state index is 0.399. The smallest absolute Gasteiger partial charge is 0.175 e. The zero-order chi connectivity index (χ0) is 15.0. The van der Waals surface area contributed by atoms with E-state index >= 15 is 0 Å². The number of anilines is 1. The van der Waals surface area contributed by atoms with Gasteiger partial charge < -0.3 is 19.8 Å². The average Bonchev–Trinajstić information content (AvgIpc) is 2.76. The van der Waals surface area contributed by atoms with Gasteiger partial charge in [-0.1, -0.05) is 5.92 Å². The largest absolute Gasteiger partial charge is 0.486 e. The Morgan fingerprint density at radius 2 is 2.19 bits per heavy atom. The topological polar surface area (TPSA) is 62.3 Å². The Balaban J connectivity index is 2.11. The molecule has 1 aliphatic heterocycles. The predicted octanol–water partition coefficient (Wildman–Crippen LogP) is 2.61. The van der Waals surface area contributed by atoms with Crippen molar-refractivity contribution < 1.29 is 9.47 Å². The van der Waals surface area contributed by atoms with E-state index in [4.69, 9.17) is 21.6 Å². The number of rotatable bonds is 2. The molecule has 2 aromatic rings. The number of benzene rings is 1. The SMILES string of the molecule is C#CCn1c(C)nc(-c2cc(Br)c3c(c2)OCCO3)c1N. The van der Waals surface area contributed by atoms with Crippen LogP contribution in [0.3, 0.4) is 0 Å². The molecule has 0 spiro atoms. The molecule has 0 amide bonds. The lowest BCUT2D eigenvalue weighted by atomic mass is 10.1. The normalized spacial score (nSPS) is 13.0. The fourth-order valence-electron chi connectivity index (χ4n) is 2.33. The number of hydrogen-bond acceptors (Lipinski definition) is 4. The monoisotopic (exact) mass is 347 g/mol. The molecule has 1 aromatic carbocycles. The molecule has 2 N–H and O–H groups in total.